The van der Waals surface area contributed by atoms with Crippen LogP contribution in [0, 0.1) is 0 Å². The van der Waals surface area contributed by atoms with E-state index >= 15 is 0 Å². The molecule has 0 bridgehead atoms. The molecule has 0 aliphatic rings. The summed E-state index contributed by atoms with van der Waals surface area (Å²) in [5, 5.41) is 24.1. The van der Waals surface area contributed by atoms with Gasteiger partial charge in [-0.15, -0.1) is 0 Å². The highest BCUT2D eigenvalue weighted by atomic mass is 16.5. The summed E-state index contributed by atoms with van der Waals surface area (Å²) in [6, 6.07) is 0. The van der Waals surface area contributed by atoms with Crippen LogP contribution in [0.25, 0.3) is 0 Å². The zero-order chi connectivity index (χ0) is 13.8. The summed E-state index contributed by atoms with van der Waals surface area (Å²) in [4.78, 5) is 0. The number of ether oxygens (including phenoxy) is 3. The van der Waals surface area contributed by atoms with E-state index < -0.39 is 0 Å². The number of aliphatic hydroxyl groups excluding tert-OH is 3. The molecule has 108 valence electrons. The van der Waals surface area contributed by atoms with Gasteiger partial charge >= 0.3 is 0 Å². The van der Waals surface area contributed by atoms with Crippen LogP contribution in [0.2, 0.25) is 0 Å². The third kappa shape index (κ3) is 49.6. The summed E-state index contributed by atoms with van der Waals surface area (Å²) in [6.07, 6.45) is 0. The molecule has 6 heteroatoms. The molecule has 17 heavy (non-hydrogen) atoms. The zero-order valence-electron chi connectivity index (χ0n) is 11.2. The Labute approximate surface area is 104 Å². The SMILES string of the molecule is CCOCC.COCCO.OCCOCCO. The topological polar surface area (TPSA) is 88.4 Å². The zero-order valence-corrected chi connectivity index (χ0v) is 11.2. The summed E-state index contributed by atoms with van der Waals surface area (Å²) < 4.78 is 13.9. The lowest BCUT2D eigenvalue weighted by molar-refractivity contribution is 0.0650. The van der Waals surface area contributed by atoms with Crippen molar-refractivity contribution in [2.24, 2.45) is 0 Å². The molecule has 0 rings (SSSR count). The minimum Gasteiger partial charge on any atom is -0.394 e. The normalized spacial score (nSPS) is 8.82. The van der Waals surface area contributed by atoms with Crippen molar-refractivity contribution in [1.82, 2.24) is 0 Å². The van der Waals surface area contributed by atoms with Crippen LogP contribution >= 0.6 is 0 Å². The standard InChI is InChI=1S/C4H10O3.C4H10O.C3H8O2/c5-1-3-7-4-2-6;1-3-5-4-2;1-5-3-2-4/h5-6H,1-4H2;3-4H2,1-2H3;4H,2-3H2,1H3. The number of hydrogen-bond donors (Lipinski definition) is 3. The van der Waals surface area contributed by atoms with Crippen LogP contribution in [0.4, 0.5) is 0 Å². The second-order valence-corrected chi connectivity index (χ2v) is 2.56. The highest BCUT2D eigenvalue weighted by Gasteiger charge is 1.79. The Morgan fingerprint density at radius 3 is 1.24 bits per heavy atom. The van der Waals surface area contributed by atoms with E-state index in [9.17, 15) is 0 Å². The molecule has 0 amide bonds. The van der Waals surface area contributed by atoms with Gasteiger partial charge in [0.1, 0.15) is 0 Å². The van der Waals surface area contributed by atoms with Crippen molar-refractivity contribution in [3.63, 3.8) is 0 Å². The molecule has 0 spiro atoms. The number of rotatable bonds is 8. The van der Waals surface area contributed by atoms with Crippen LogP contribution in [-0.2, 0) is 14.2 Å². The van der Waals surface area contributed by atoms with Crippen LogP contribution in [0.1, 0.15) is 13.8 Å². The summed E-state index contributed by atoms with van der Waals surface area (Å²) in [5.41, 5.74) is 0. The second-order valence-electron chi connectivity index (χ2n) is 2.56. The largest absolute Gasteiger partial charge is 0.394 e. The van der Waals surface area contributed by atoms with Crippen molar-refractivity contribution in [2.75, 3.05) is 60.0 Å². The Bertz CT molecular complexity index is 78.0. The molecule has 0 aromatic rings. The Morgan fingerprint density at radius 2 is 1.12 bits per heavy atom. The Kier molecular flexibility index (Phi) is 38.4. The molecule has 0 saturated heterocycles. The minimum atomic E-state index is 0.0278. The molecule has 0 saturated carbocycles. The van der Waals surface area contributed by atoms with E-state index in [0.29, 0.717) is 19.8 Å². The first kappa shape index (κ1) is 22.0. The maximum absolute atomic E-state index is 8.09. The first-order chi connectivity index (χ1) is 8.24. The van der Waals surface area contributed by atoms with Crippen LogP contribution in [0.5, 0.6) is 0 Å². The van der Waals surface area contributed by atoms with Gasteiger partial charge in [0.2, 0.25) is 0 Å². The van der Waals surface area contributed by atoms with Crippen LogP contribution in [0.3, 0.4) is 0 Å². The number of aliphatic hydroxyl groups is 3. The third-order valence-electron chi connectivity index (χ3n) is 1.17. The second kappa shape index (κ2) is 29.7. The third-order valence-corrected chi connectivity index (χ3v) is 1.17. The maximum Gasteiger partial charge on any atom is 0.0698 e. The lowest BCUT2D eigenvalue weighted by atomic mass is 10.7. The first-order valence-corrected chi connectivity index (χ1v) is 5.71. The monoisotopic (exact) mass is 256 g/mol. The lowest BCUT2D eigenvalue weighted by Crippen LogP contribution is -2.03. The summed E-state index contributed by atoms with van der Waals surface area (Å²) in [6.45, 7) is 6.93. The molecule has 0 atom stereocenters. The van der Waals surface area contributed by atoms with Crippen molar-refractivity contribution in [2.45, 2.75) is 13.8 Å². The van der Waals surface area contributed by atoms with Gasteiger partial charge in [-0.05, 0) is 13.8 Å². The van der Waals surface area contributed by atoms with Crippen LogP contribution in [0.15, 0.2) is 0 Å². The Hall–Kier alpha value is -0.240. The fourth-order valence-electron chi connectivity index (χ4n) is 0.527. The van der Waals surface area contributed by atoms with Crippen molar-refractivity contribution in [3.8, 4) is 0 Å². The smallest absolute Gasteiger partial charge is 0.0698 e. The molecule has 0 heterocycles. The van der Waals surface area contributed by atoms with Crippen LogP contribution in [-0.4, -0.2) is 75.3 Å². The first-order valence-electron chi connectivity index (χ1n) is 5.71. The molecular weight excluding hydrogens is 228 g/mol. The molecule has 6 nitrogen and oxygen atoms in total. The van der Waals surface area contributed by atoms with E-state index in [-0.39, 0.29) is 19.8 Å². The predicted molar refractivity (Wildman–Crippen MR) is 66.1 cm³/mol. The van der Waals surface area contributed by atoms with E-state index in [1.165, 1.54) is 0 Å². The van der Waals surface area contributed by atoms with Gasteiger partial charge in [-0.25, -0.2) is 0 Å². The minimum absolute atomic E-state index is 0.0278. The quantitative estimate of drug-likeness (QED) is 0.515. The van der Waals surface area contributed by atoms with E-state index in [0.717, 1.165) is 13.2 Å². The van der Waals surface area contributed by atoms with Gasteiger partial charge in [-0.1, -0.05) is 0 Å². The average molecular weight is 256 g/mol. The lowest BCUT2D eigenvalue weighted by Gasteiger charge is -1.94. The molecule has 0 aliphatic heterocycles. The molecule has 0 radical (unpaired) electrons. The molecule has 0 aromatic heterocycles. The van der Waals surface area contributed by atoms with E-state index in [1.54, 1.807) is 7.11 Å². The molecule has 0 aliphatic carbocycles. The van der Waals surface area contributed by atoms with Crippen molar-refractivity contribution < 1.29 is 29.5 Å². The summed E-state index contributed by atoms with van der Waals surface area (Å²) >= 11 is 0. The predicted octanol–water partition coefficient (Wildman–Crippen LogP) is -0.344. The van der Waals surface area contributed by atoms with Gasteiger partial charge in [0.15, 0.2) is 0 Å². The van der Waals surface area contributed by atoms with Gasteiger partial charge in [0.25, 0.3) is 0 Å². The Balaban J connectivity index is -0.000000177. The molecular formula is C11H28O6. The highest BCUT2D eigenvalue weighted by Crippen LogP contribution is 1.68. The summed E-state index contributed by atoms with van der Waals surface area (Å²) in [5.74, 6) is 0. The van der Waals surface area contributed by atoms with Gasteiger partial charge in [-0.3, -0.25) is 0 Å². The molecule has 0 unspecified atom stereocenters. The molecule has 0 fully saturated rings. The Morgan fingerprint density at radius 1 is 0.706 bits per heavy atom. The van der Waals surface area contributed by atoms with Gasteiger partial charge in [0.05, 0.1) is 39.6 Å². The van der Waals surface area contributed by atoms with Crippen molar-refractivity contribution in [1.29, 1.82) is 0 Å². The van der Waals surface area contributed by atoms with E-state index in [4.69, 9.17) is 20.1 Å². The van der Waals surface area contributed by atoms with Gasteiger partial charge < -0.3 is 29.5 Å². The molecule has 0 aromatic carbocycles. The molecule has 3 N–H and O–H groups in total. The fraction of sp³-hybridized carbons (Fsp3) is 1.00. The van der Waals surface area contributed by atoms with Gasteiger partial charge in [-0.2, -0.15) is 0 Å². The van der Waals surface area contributed by atoms with Crippen molar-refractivity contribution in [3.05, 3.63) is 0 Å². The van der Waals surface area contributed by atoms with Gasteiger partial charge in [0, 0.05) is 20.3 Å². The number of hydrogen-bond acceptors (Lipinski definition) is 6. The van der Waals surface area contributed by atoms with Crippen molar-refractivity contribution >= 4 is 0 Å². The van der Waals surface area contributed by atoms with E-state index in [1.807, 2.05) is 13.8 Å². The average Bonchev–Trinajstić information content (AvgIpc) is 2.33. The fourth-order valence-corrected chi connectivity index (χ4v) is 0.527. The maximum atomic E-state index is 8.09. The van der Waals surface area contributed by atoms with Crippen LogP contribution < -0.4 is 0 Å². The summed E-state index contributed by atoms with van der Waals surface area (Å²) in [7, 11) is 1.55. The highest BCUT2D eigenvalue weighted by molar-refractivity contribution is 4.24. The van der Waals surface area contributed by atoms with E-state index in [2.05, 4.69) is 9.47 Å². The number of methoxy groups -OCH3 is 1.